The molecule has 0 aromatic carbocycles. The summed E-state index contributed by atoms with van der Waals surface area (Å²) in [6, 6.07) is 1.83. The molecule has 0 aliphatic carbocycles. The number of aryl methyl sites for hydroxylation is 2. The van der Waals surface area contributed by atoms with Gasteiger partial charge in [-0.3, -0.25) is 4.68 Å². The molecule has 2 N–H and O–H groups in total. The summed E-state index contributed by atoms with van der Waals surface area (Å²) in [5.74, 6) is 0.905. The SMILES string of the molecule is Cc1csc(-c2nc(-c3ccn(C)n3)no2)c1N. The second kappa shape index (κ2) is 3.95. The van der Waals surface area contributed by atoms with Crippen molar-refractivity contribution in [3.8, 4) is 22.3 Å². The van der Waals surface area contributed by atoms with Gasteiger partial charge in [-0.05, 0) is 23.9 Å². The van der Waals surface area contributed by atoms with Gasteiger partial charge in [-0.2, -0.15) is 10.1 Å². The molecule has 0 saturated carbocycles. The van der Waals surface area contributed by atoms with Gasteiger partial charge in [0.2, 0.25) is 5.82 Å². The van der Waals surface area contributed by atoms with E-state index in [1.54, 1.807) is 4.68 Å². The van der Waals surface area contributed by atoms with Crippen LogP contribution in [0.5, 0.6) is 0 Å². The number of hydrogen-bond donors (Lipinski definition) is 1. The Labute approximate surface area is 107 Å². The van der Waals surface area contributed by atoms with E-state index in [1.165, 1.54) is 11.3 Å². The van der Waals surface area contributed by atoms with Gasteiger partial charge in [0.25, 0.3) is 5.89 Å². The first-order valence-corrected chi connectivity index (χ1v) is 6.21. The fraction of sp³-hybridized carbons (Fsp3) is 0.182. The van der Waals surface area contributed by atoms with Gasteiger partial charge in [0.15, 0.2) is 0 Å². The third kappa shape index (κ3) is 1.68. The van der Waals surface area contributed by atoms with Crippen molar-refractivity contribution in [1.29, 1.82) is 0 Å². The summed E-state index contributed by atoms with van der Waals surface area (Å²) < 4.78 is 6.92. The van der Waals surface area contributed by atoms with E-state index in [0.29, 0.717) is 23.1 Å². The van der Waals surface area contributed by atoms with Crippen molar-refractivity contribution in [2.45, 2.75) is 6.92 Å². The maximum absolute atomic E-state index is 5.95. The van der Waals surface area contributed by atoms with Gasteiger partial charge in [-0.15, -0.1) is 11.3 Å². The van der Waals surface area contributed by atoms with E-state index in [9.17, 15) is 0 Å². The Bertz CT molecular complexity index is 696. The number of hydrogen-bond acceptors (Lipinski definition) is 6. The molecule has 18 heavy (non-hydrogen) atoms. The van der Waals surface area contributed by atoms with Crippen LogP contribution in [0.1, 0.15) is 5.56 Å². The average molecular weight is 261 g/mol. The standard InChI is InChI=1S/C11H11N5OS/c1-6-5-18-9(8(6)12)11-13-10(15-17-11)7-3-4-16(2)14-7/h3-5H,12H2,1-2H3. The molecule has 0 bridgehead atoms. The Morgan fingerprint density at radius 1 is 1.44 bits per heavy atom. The van der Waals surface area contributed by atoms with Crippen LogP contribution < -0.4 is 5.73 Å². The molecule has 7 heteroatoms. The average Bonchev–Trinajstić information content (AvgIpc) is 3.02. The van der Waals surface area contributed by atoms with Crippen LogP contribution in [0.25, 0.3) is 22.3 Å². The fourth-order valence-corrected chi connectivity index (χ4v) is 2.47. The number of rotatable bonds is 2. The van der Waals surface area contributed by atoms with E-state index >= 15 is 0 Å². The number of nitrogens with zero attached hydrogens (tertiary/aromatic N) is 4. The van der Waals surface area contributed by atoms with E-state index in [2.05, 4.69) is 15.2 Å². The normalized spacial score (nSPS) is 11.0. The zero-order chi connectivity index (χ0) is 12.7. The molecular weight excluding hydrogens is 250 g/mol. The fourth-order valence-electron chi connectivity index (χ4n) is 1.57. The summed E-state index contributed by atoms with van der Waals surface area (Å²) in [6.07, 6.45) is 1.83. The van der Waals surface area contributed by atoms with Gasteiger partial charge < -0.3 is 10.3 Å². The van der Waals surface area contributed by atoms with Crippen LogP contribution in [-0.4, -0.2) is 19.9 Å². The van der Waals surface area contributed by atoms with Crippen LogP contribution in [0, 0.1) is 6.92 Å². The smallest absolute Gasteiger partial charge is 0.270 e. The maximum atomic E-state index is 5.95. The zero-order valence-corrected chi connectivity index (χ0v) is 10.7. The molecule has 0 saturated heterocycles. The highest BCUT2D eigenvalue weighted by molar-refractivity contribution is 7.14. The Kier molecular flexibility index (Phi) is 2.41. The van der Waals surface area contributed by atoms with Gasteiger partial charge in [0.05, 0.1) is 5.69 Å². The van der Waals surface area contributed by atoms with E-state index in [4.69, 9.17) is 10.3 Å². The monoisotopic (exact) mass is 261 g/mol. The van der Waals surface area contributed by atoms with Crippen LogP contribution in [-0.2, 0) is 7.05 Å². The van der Waals surface area contributed by atoms with Gasteiger partial charge in [-0.1, -0.05) is 5.16 Å². The van der Waals surface area contributed by atoms with Crippen LogP contribution in [0.3, 0.4) is 0 Å². The predicted octanol–water partition coefficient (Wildman–Crippen LogP) is 2.09. The Balaban J connectivity index is 2.01. The first kappa shape index (κ1) is 11.0. The molecule has 0 amide bonds. The number of anilines is 1. The molecule has 0 spiro atoms. The molecule has 0 aliphatic heterocycles. The lowest BCUT2D eigenvalue weighted by atomic mass is 10.3. The lowest BCUT2D eigenvalue weighted by Gasteiger charge is -1.91. The first-order chi connectivity index (χ1) is 8.65. The minimum atomic E-state index is 0.436. The number of aromatic nitrogens is 4. The minimum Gasteiger partial charge on any atom is -0.397 e. The second-order valence-electron chi connectivity index (χ2n) is 3.96. The molecule has 3 heterocycles. The summed E-state index contributed by atoms with van der Waals surface area (Å²) in [7, 11) is 1.84. The van der Waals surface area contributed by atoms with Crippen molar-refractivity contribution in [2.75, 3.05) is 5.73 Å². The quantitative estimate of drug-likeness (QED) is 0.763. The molecule has 3 rings (SSSR count). The van der Waals surface area contributed by atoms with Crippen molar-refractivity contribution in [1.82, 2.24) is 19.9 Å². The molecule has 0 unspecified atom stereocenters. The molecule has 3 aromatic heterocycles. The topological polar surface area (TPSA) is 82.8 Å². The molecule has 92 valence electrons. The van der Waals surface area contributed by atoms with Gasteiger partial charge in [0, 0.05) is 13.2 Å². The van der Waals surface area contributed by atoms with Crippen LogP contribution >= 0.6 is 11.3 Å². The van der Waals surface area contributed by atoms with Gasteiger partial charge >= 0.3 is 0 Å². The van der Waals surface area contributed by atoms with Crippen molar-refractivity contribution in [3.63, 3.8) is 0 Å². The summed E-state index contributed by atoms with van der Waals surface area (Å²) in [6.45, 7) is 1.95. The van der Waals surface area contributed by atoms with Gasteiger partial charge in [-0.25, -0.2) is 0 Å². The Hall–Kier alpha value is -2.15. The summed E-state index contributed by atoms with van der Waals surface area (Å²) in [5, 5.41) is 10.1. The number of thiophene rings is 1. The molecule has 0 atom stereocenters. The van der Waals surface area contributed by atoms with Crippen molar-refractivity contribution in [2.24, 2.45) is 7.05 Å². The van der Waals surface area contributed by atoms with Crippen LogP contribution in [0.2, 0.25) is 0 Å². The van der Waals surface area contributed by atoms with Gasteiger partial charge in [0.1, 0.15) is 10.6 Å². The van der Waals surface area contributed by atoms with Crippen LogP contribution in [0.15, 0.2) is 22.2 Å². The summed E-state index contributed by atoms with van der Waals surface area (Å²) in [5.41, 5.74) is 8.34. The first-order valence-electron chi connectivity index (χ1n) is 5.33. The highest BCUT2D eigenvalue weighted by Crippen LogP contribution is 2.34. The molecule has 3 aromatic rings. The zero-order valence-electron chi connectivity index (χ0n) is 9.91. The van der Waals surface area contributed by atoms with E-state index in [-0.39, 0.29) is 0 Å². The minimum absolute atomic E-state index is 0.436. The Morgan fingerprint density at radius 3 is 2.89 bits per heavy atom. The summed E-state index contributed by atoms with van der Waals surface area (Å²) >= 11 is 1.50. The molecule has 6 nitrogen and oxygen atoms in total. The van der Waals surface area contributed by atoms with E-state index in [1.807, 2.05) is 31.6 Å². The second-order valence-corrected chi connectivity index (χ2v) is 4.84. The highest BCUT2D eigenvalue weighted by Gasteiger charge is 2.16. The predicted molar refractivity (Wildman–Crippen MR) is 69.0 cm³/mol. The number of nitrogens with two attached hydrogens (primary N) is 1. The third-order valence-corrected chi connectivity index (χ3v) is 3.69. The number of nitrogen functional groups attached to an aromatic ring is 1. The highest BCUT2D eigenvalue weighted by atomic mass is 32.1. The molecule has 0 aliphatic rings. The Morgan fingerprint density at radius 2 is 2.28 bits per heavy atom. The largest absolute Gasteiger partial charge is 0.397 e. The maximum Gasteiger partial charge on any atom is 0.270 e. The molecule has 0 fully saturated rings. The molecule has 0 radical (unpaired) electrons. The lowest BCUT2D eigenvalue weighted by Crippen LogP contribution is -1.89. The van der Waals surface area contributed by atoms with Crippen molar-refractivity contribution >= 4 is 17.0 Å². The van der Waals surface area contributed by atoms with Crippen molar-refractivity contribution < 1.29 is 4.52 Å². The lowest BCUT2D eigenvalue weighted by molar-refractivity contribution is 0.433. The van der Waals surface area contributed by atoms with Crippen molar-refractivity contribution in [3.05, 3.63) is 23.2 Å². The third-order valence-electron chi connectivity index (χ3n) is 2.59. The van der Waals surface area contributed by atoms with Crippen LogP contribution in [0.4, 0.5) is 5.69 Å². The van der Waals surface area contributed by atoms with E-state index < -0.39 is 0 Å². The summed E-state index contributed by atoms with van der Waals surface area (Å²) in [4.78, 5) is 5.12. The van der Waals surface area contributed by atoms with E-state index in [0.717, 1.165) is 10.4 Å². The molecular formula is C11H11N5OS.